The minimum absolute atomic E-state index is 0.0386. The molecule has 98 valence electrons. The van der Waals surface area contributed by atoms with Crippen molar-refractivity contribution in [3.8, 4) is 5.75 Å². The Kier molecular flexibility index (Phi) is 3.87. The maximum absolute atomic E-state index is 12.3. The van der Waals surface area contributed by atoms with Gasteiger partial charge in [-0.1, -0.05) is 18.6 Å². The lowest BCUT2D eigenvalue weighted by Gasteiger charge is -2.29. The number of aromatic hydroxyl groups is 1. The molecule has 0 aliphatic heterocycles. The van der Waals surface area contributed by atoms with E-state index in [1.165, 1.54) is 6.07 Å². The first-order valence-electron chi connectivity index (χ1n) is 6.40. The predicted molar refractivity (Wildman–Crippen MR) is 70.4 cm³/mol. The van der Waals surface area contributed by atoms with Crippen LogP contribution in [0.1, 0.15) is 29.6 Å². The van der Waals surface area contributed by atoms with Gasteiger partial charge in [-0.05, 0) is 37.4 Å². The van der Waals surface area contributed by atoms with Crippen molar-refractivity contribution in [1.29, 1.82) is 0 Å². The molecule has 1 aromatic carbocycles. The van der Waals surface area contributed by atoms with E-state index in [2.05, 4.69) is 0 Å². The van der Waals surface area contributed by atoms with Crippen molar-refractivity contribution in [2.75, 3.05) is 13.6 Å². The molecule has 18 heavy (non-hydrogen) atoms. The summed E-state index contributed by atoms with van der Waals surface area (Å²) >= 11 is 0. The van der Waals surface area contributed by atoms with Gasteiger partial charge in [0.15, 0.2) is 0 Å². The van der Waals surface area contributed by atoms with Crippen LogP contribution in [-0.2, 0) is 0 Å². The van der Waals surface area contributed by atoms with Gasteiger partial charge in [0.1, 0.15) is 5.75 Å². The topological polar surface area (TPSA) is 66.6 Å². The summed E-state index contributed by atoms with van der Waals surface area (Å²) in [6.07, 6.45) is 3.20. The maximum Gasteiger partial charge on any atom is 0.257 e. The summed E-state index contributed by atoms with van der Waals surface area (Å²) in [5.41, 5.74) is 6.11. The standard InChI is InChI=1S/C14H20N2O2/c1-16(12-7-4-5-10(12)9-15)14(18)11-6-2-3-8-13(11)17/h2-3,6,8,10,12,17H,4-5,7,9,15H2,1H3. The molecule has 0 bridgehead atoms. The molecule has 1 aliphatic carbocycles. The zero-order valence-corrected chi connectivity index (χ0v) is 10.7. The van der Waals surface area contributed by atoms with E-state index >= 15 is 0 Å². The number of nitrogens with two attached hydrogens (primary N) is 1. The Hall–Kier alpha value is -1.55. The van der Waals surface area contributed by atoms with Gasteiger partial charge in [0.05, 0.1) is 5.56 Å². The lowest BCUT2D eigenvalue weighted by Crippen LogP contribution is -2.41. The van der Waals surface area contributed by atoms with Crippen molar-refractivity contribution in [1.82, 2.24) is 4.90 Å². The Labute approximate surface area is 107 Å². The Balaban J connectivity index is 2.16. The third-order valence-electron chi connectivity index (χ3n) is 3.87. The fraction of sp³-hybridized carbons (Fsp3) is 0.500. The van der Waals surface area contributed by atoms with Crippen LogP contribution in [0.15, 0.2) is 24.3 Å². The van der Waals surface area contributed by atoms with Crippen LogP contribution < -0.4 is 5.73 Å². The number of phenolic OH excluding ortho intramolecular Hbond substituents is 1. The molecule has 2 atom stereocenters. The minimum atomic E-state index is -0.126. The van der Waals surface area contributed by atoms with E-state index in [1.807, 2.05) is 0 Å². The highest BCUT2D eigenvalue weighted by Crippen LogP contribution is 2.30. The Bertz CT molecular complexity index is 434. The molecule has 4 nitrogen and oxygen atoms in total. The molecule has 2 rings (SSSR count). The first kappa shape index (κ1) is 12.9. The highest BCUT2D eigenvalue weighted by atomic mass is 16.3. The van der Waals surface area contributed by atoms with Crippen molar-refractivity contribution in [3.63, 3.8) is 0 Å². The Morgan fingerprint density at radius 2 is 2.17 bits per heavy atom. The third kappa shape index (κ3) is 2.34. The van der Waals surface area contributed by atoms with E-state index in [0.717, 1.165) is 19.3 Å². The van der Waals surface area contributed by atoms with E-state index in [9.17, 15) is 9.90 Å². The highest BCUT2D eigenvalue weighted by molar-refractivity contribution is 5.96. The molecule has 0 radical (unpaired) electrons. The second-order valence-corrected chi connectivity index (χ2v) is 4.93. The fourth-order valence-corrected chi connectivity index (χ4v) is 2.80. The van der Waals surface area contributed by atoms with Crippen LogP contribution in [0.5, 0.6) is 5.75 Å². The summed E-state index contributed by atoms with van der Waals surface area (Å²) < 4.78 is 0. The van der Waals surface area contributed by atoms with Crippen LogP contribution in [0.4, 0.5) is 0 Å². The maximum atomic E-state index is 12.3. The van der Waals surface area contributed by atoms with Crippen molar-refractivity contribution < 1.29 is 9.90 Å². The molecule has 4 heteroatoms. The molecule has 0 aromatic heterocycles. The Morgan fingerprint density at radius 1 is 1.44 bits per heavy atom. The first-order valence-corrected chi connectivity index (χ1v) is 6.40. The number of hydrogen-bond acceptors (Lipinski definition) is 3. The number of hydrogen-bond donors (Lipinski definition) is 2. The molecular formula is C14H20N2O2. The molecule has 3 N–H and O–H groups in total. The van der Waals surface area contributed by atoms with Gasteiger partial charge in [0.2, 0.25) is 0 Å². The number of phenols is 1. The van der Waals surface area contributed by atoms with Gasteiger partial charge < -0.3 is 15.7 Å². The monoisotopic (exact) mass is 248 g/mol. The van der Waals surface area contributed by atoms with Crippen LogP contribution in [0.2, 0.25) is 0 Å². The number of para-hydroxylation sites is 1. The summed E-state index contributed by atoms with van der Waals surface area (Å²) in [5.74, 6) is 0.292. The first-order chi connectivity index (χ1) is 8.65. The molecule has 0 saturated heterocycles. The average Bonchev–Trinajstić information content (AvgIpc) is 2.86. The van der Waals surface area contributed by atoms with Gasteiger partial charge in [-0.2, -0.15) is 0 Å². The van der Waals surface area contributed by atoms with E-state index in [-0.39, 0.29) is 17.7 Å². The van der Waals surface area contributed by atoms with E-state index in [0.29, 0.717) is 18.0 Å². The zero-order valence-electron chi connectivity index (χ0n) is 10.7. The second-order valence-electron chi connectivity index (χ2n) is 4.93. The summed E-state index contributed by atoms with van der Waals surface area (Å²) in [6, 6.07) is 6.86. The quantitative estimate of drug-likeness (QED) is 0.853. The fourth-order valence-electron chi connectivity index (χ4n) is 2.80. The van der Waals surface area contributed by atoms with Crippen molar-refractivity contribution in [2.45, 2.75) is 25.3 Å². The molecule has 1 fully saturated rings. The third-order valence-corrected chi connectivity index (χ3v) is 3.87. The smallest absolute Gasteiger partial charge is 0.257 e. The highest BCUT2D eigenvalue weighted by Gasteiger charge is 2.32. The van der Waals surface area contributed by atoms with E-state index in [1.54, 1.807) is 30.1 Å². The molecular weight excluding hydrogens is 228 g/mol. The van der Waals surface area contributed by atoms with Crippen molar-refractivity contribution >= 4 is 5.91 Å². The molecule has 1 aliphatic rings. The van der Waals surface area contributed by atoms with Crippen LogP contribution in [0.25, 0.3) is 0 Å². The van der Waals surface area contributed by atoms with Gasteiger partial charge in [-0.25, -0.2) is 0 Å². The summed E-state index contributed by atoms with van der Waals surface area (Å²) in [7, 11) is 1.80. The molecule has 0 heterocycles. The van der Waals surface area contributed by atoms with Crippen molar-refractivity contribution in [2.24, 2.45) is 11.7 Å². The van der Waals surface area contributed by atoms with E-state index < -0.39 is 0 Å². The number of nitrogens with zero attached hydrogens (tertiary/aromatic N) is 1. The molecule has 2 unspecified atom stereocenters. The summed E-state index contributed by atoms with van der Waals surface area (Å²) in [4.78, 5) is 14.1. The van der Waals surface area contributed by atoms with Gasteiger partial charge in [-0.3, -0.25) is 4.79 Å². The number of carbonyl (C=O) groups is 1. The van der Waals surface area contributed by atoms with Gasteiger partial charge in [-0.15, -0.1) is 0 Å². The molecule has 1 aromatic rings. The van der Waals surface area contributed by atoms with Crippen LogP contribution in [0, 0.1) is 5.92 Å². The van der Waals surface area contributed by atoms with Gasteiger partial charge in [0, 0.05) is 13.1 Å². The number of carbonyl (C=O) groups excluding carboxylic acids is 1. The predicted octanol–water partition coefficient (Wildman–Crippen LogP) is 1.59. The van der Waals surface area contributed by atoms with E-state index in [4.69, 9.17) is 5.73 Å². The zero-order chi connectivity index (χ0) is 13.1. The summed E-state index contributed by atoms with van der Waals surface area (Å²) in [5, 5.41) is 9.72. The minimum Gasteiger partial charge on any atom is -0.507 e. The van der Waals surface area contributed by atoms with Crippen LogP contribution in [-0.4, -0.2) is 35.5 Å². The number of benzene rings is 1. The number of amides is 1. The average molecular weight is 248 g/mol. The summed E-state index contributed by atoms with van der Waals surface area (Å²) in [6.45, 7) is 0.614. The molecule has 1 saturated carbocycles. The van der Waals surface area contributed by atoms with Gasteiger partial charge >= 0.3 is 0 Å². The lowest BCUT2D eigenvalue weighted by molar-refractivity contribution is 0.0697. The normalized spacial score (nSPS) is 23.0. The molecule has 0 spiro atoms. The largest absolute Gasteiger partial charge is 0.507 e. The van der Waals surface area contributed by atoms with Crippen LogP contribution in [0.3, 0.4) is 0 Å². The number of rotatable bonds is 3. The van der Waals surface area contributed by atoms with Crippen molar-refractivity contribution in [3.05, 3.63) is 29.8 Å². The lowest BCUT2D eigenvalue weighted by atomic mass is 10.0. The SMILES string of the molecule is CN(C(=O)c1ccccc1O)C1CCCC1CN. The Morgan fingerprint density at radius 3 is 2.83 bits per heavy atom. The van der Waals surface area contributed by atoms with Crippen LogP contribution >= 0.6 is 0 Å². The molecule has 1 amide bonds. The van der Waals surface area contributed by atoms with Gasteiger partial charge in [0.25, 0.3) is 5.91 Å². The second kappa shape index (κ2) is 5.40.